The van der Waals surface area contributed by atoms with E-state index in [9.17, 15) is 9.59 Å². The summed E-state index contributed by atoms with van der Waals surface area (Å²) >= 11 is 0. The highest BCUT2D eigenvalue weighted by Crippen LogP contribution is 2.19. The molecule has 0 aromatic carbocycles. The van der Waals surface area contributed by atoms with Crippen molar-refractivity contribution in [3.05, 3.63) is 24.2 Å². The standard InChI is InChI=1S/C9H10O5/c1-6(10)13-9(14-7(2)11)8-3-4-12-5-8/h3-5,9H,1-2H3. The van der Waals surface area contributed by atoms with E-state index >= 15 is 0 Å². The molecule has 1 heterocycles. The zero-order chi connectivity index (χ0) is 10.6. The van der Waals surface area contributed by atoms with E-state index in [-0.39, 0.29) is 0 Å². The highest BCUT2D eigenvalue weighted by Gasteiger charge is 2.18. The van der Waals surface area contributed by atoms with E-state index in [4.69, 9.17) is 13.9 Å². The third-order valence-corrected chi connectivity index (χ3v) is 1.36. The Hall–Kier alpha value is -1.78. The van der Waals surface area contributed by atoms with Gasteiger partial charge in [-0.2, -0.15) is 0 Å². The maximum Gasteiger partial charge on any atom is 0.305 e. The first-order valence-corrected chi connectivity index (χ1v) is 3.96. The summed E-state index contributed by atoms with van der Waals surface area (Å²) in [6.45, 7) is 2.47. The van der Waals surface area contributed by atoms with Crippen molar-refractivity contribution in [1.82, 2.24) is 0 Å². The van der Waals surface area contributed by atoms with Crippen molar-refractivity contribution in [1.29, 1.82) is 0 Å². The van der Waals surface area contributed by atoms with Crippen LogP contribution in [-0.2, 0) is 19.1 Å². The highest BCUT2D eigenvalue weighted by atomic mass is 16.7. The predicted molar refractivity (Wildman–Crippen MR) is 45.0 cm³/mol. The zero-order valence-electron chi connectivity index (χ0n) is 7.85. The van der Waals surface area contributed by atoms with Gasteiger partial charge in [0.2, 0.25) is 0 Å². The van der Waals surface area contributed by atoms with E-state index < -0.39 is 18.2 Å². The number of esters is 2. The Morgan fingerprint density at radius 3 is 2.21 bits per heavy atom. The van der Waals surface area contributed by atoms with Crippen molar-refractivity contribution >= 4 is 11.9 Å². The molecule has 0 spiro atoms. The third kappa shape index (κ3) is 2.93. The van der Waals surface area contributed by atoms with Crippen molar-refractivity contribution in [2.75, 3.05) is 0 Å². The molecule has 0 amide bonds. The van der Waals surface area contributed by atoms with Crippen molar-refractivity contribution in [3.8, 4) is 0 Å². The maximum absolute atomic E-state index is 10.7. The molecule has 0 aliphatic rings. The van der Waals surface area contributed by atoms with E-state index in [1.807, 2.05) is 0 Å². The number of hydrogen-bond acceptors (Lipinski definition) is 5. The smallest absolute Gasteiger partial charge is 0.305 e. The van der Waals surface area contributed by atoms with Gasteiger partial charge in [-0.25, -0.2) is 0 Å². The van der Waals surface area contributed by atoms with Crippen LogP contribution in [-0.4, -0.2) is 11.9 Å². The van der Waals surface area contributed by atoms with E-state index in [2.05, 4.69) is 0 Å². The van der Waals surface area contributed by atoms with Crippen LogP contribution >= 0.6 is 0 Å². The first-order valence-electron chi connectivity index (χ1n) is 3.96. The monoisotopic (exact) mass is 198 g/mol. The SMILES string of the molecule is CC(=O)OC(OC(C)=O)c1ccoc1. The maximum atomic E-state index is 10.7. The van der Waals surface area contributed by atoms with Crippen LogP contribution in [0, 0.1) is 0 Å². The number of carbonyl (C=O) groups excluding carboxylic acids is 2. The van der Waals surface area contributed by atoms with Gasteiger partial charge in [0, 0.05) is 13.8 Å². The Morgan fingerprint density at radius 2 is 1.86 bits per heavy atom. The second-order valence-electron chi connectivity index (χ2n) is 2.61. The molecule has 5 heteroatoms. The Labute approximate surface area is 80.6 Å². The van der Waals surface area contributed by atoms with E-state index in [1.54, 1.807) is 6.07 Å². The van der Waals surface area contributed by atoms with E-state index in [0.29, 0.717) is 5.56 Å². The summed E-state index contributed by atoms with van der Waals surface area (Å²) in [5, 5.41) is 0. The second kappa shape index (κ2) is 4.45. The molecule has 0 saturated carbocycles. The molecular weight excluding hydrogens is 188 g/mol. The minimum Gasteiger partial charge on any atom is -0.472 e. The molecule has 0 bridgehead atoms. The Morgan fingerprint density at radius 1 is 1.29 bits per heavy atom. The molecule has 0 aliphatic heterocycles. The summed E-state index contributed by atoms with van der Waals surface area (Å²) in [5.74, 6) is -1.06. The first kappa shape index (κ1) is 10.3. The van der Waals surface area contributed by atoms with Crippen LogP contribution in [0.15, 0.2) is 23.0 Å². The van der Waals surface area contributed by atoms with Gasteiger partial charge in [-0.15, -0.1) is 0 Å². The van der Waals surface area contributed by atoms with Crippen LogP contribution in [0.25, 0.3) is 0 Å². The average Bonchev–Trinajstić information content (AvgIpc) is 2.52. The molecule has 76 valence electrons. The number of rotatable bonds is 3. The molecule has 1 aromatic rings. The quantitative estimate of drug-likeness (QED) is 0.542. The number of carbonyl (C=O) groups is 2. The Kier molecular flexibility index (Phi) is 3.28. The molecule has 5 nitrogen and oxygen atoms in total. The number of furan rings is 1. The predicted octanol–water partition coefficient (Wildman–Crippen LogP) is 1.40. The number of hydrogen-bond donors (Lipinski definition) is 0. The van der Waals surface area contributed by atoms with Gasteiger partial charge in [-0.1, -0.05) is 0 Å². The van der Waals surface area contributed by atoms with Gasteiger partial charge in [0.05, 0.1) is 11.8 Å². The fourth-order valence-corrected chi connectivity index (χ4v) is 0.871. The molecule has 14 heavy (non-hydrogen) atoms. The minimum absolute atomic E-state index is 0.482. The van der Waals surface area contributed by atoms with Crippen molar-refractivity contribution in [2.24, 2.45) is 0 Å². The lowest BCUT2D eigenvalue weighted by molar-refractivity contribution is -0.186. The van der Waals surface area contributed by atoms with Gasteiger partial charge in [-0.3, -0.25) is 9.59 Å². The summed E-state index contributed by atoms with van der Waals surface area (Å²) < 4.78 is 14.3. The third-order valence-electron chi connectivity index (χ3n) is 1.36. The molecule has 0 unspecified atom stereocenters. The number of ether oxygens (including phenoxy) is 2. The molecule has 0 saturated heterocycles. The fourth-order valence-electron chi connectivity index (χ4n) is 0.871. The van der Waals surface area contributed by atoms with Crippen LogP contribution in [0.5, 0.6) is 0 Å². The minimum atomic E-state index is -1.02. The topological polar surface area (TPSA) is 65.7 Å². The molecule has 1 rings (SSSR count). The van der Waals surface area contributed by atoms with Gasteiger partial charge in [0.1, 0.15) is 6.26 Å². The lowest BCUT2D eigenvalue weighted by Crippen LogP contribution is -2.14. The molecule has 0 radical (unpaired) electrons. The van der Waals surface area contributed by atoms with Gasteiger partial charge in [0.25, 0.3) is 6.29 Å². The molecule has 0 fully saturated rings. The Balaban J connectivity index is 2.71. The van der Waals surface area contributed by atoms with Crippen LogP contribution in [0.3, 0.4) is 0 Å². The summed E-state index contributed by atoms with van der Waals surface area (Å²) in [5.41, 5.74) is 0.482. The molecular formula is C9H10O5. The first-order chi connectivity index (χ1) is 6.59. The molecule has 0 atom stereocenters. The van der Waals surface area contributed by atoms with Gasteiger partial charge < -0.3 is 13.9 Å². The average molecular weight is 198 g/mol. The second-order valence-corrected chi connectivity index (χ2v) is 2.61. The summed E-state index contributed by atoms with van der Waals surface area (Å²) in [4.78, 5) is 21.4. The summed E-state index contributed by atoms with van der Waals surface area (Å²) in [6, 6.07) is 1.55. The summed E-state index contributed by atoms with van der Waals surface area (Å²) in [6.07, 6.45) is 1.72. The van der Waals surface area contributed by atoms with Crippen LogP contribution < -0.4 is 0 Å². The molecule has 1 aromatic heterocycles. The van der Waals surface area contributed by atoms with Crippen LogP contribution in [0.4, 0.5) is 0 Å². The zero-order valence-corrected chi connectivity index (χ0v) is 7.85. The van der Waals surface area contributed by atoms with Crippen molar-refractivity contribution < 1.29 is 23.5 Å². The van der Waals surface area contributed by atoms with E-state index in [1.165, 1.54) is 26.4 Å². The largest absolute Gasteiger partial charge is 0.472 e. The lowest BCUT2D eigenvalue weighted by atomic mass is 10.3. The normalized spacial score (nSPS) is 9.93. The van der Waals surface area contributed by atoms with Crippen LogP contribution in [0.2, 0.25) is 0 Å². The van der Waals surface area contributed by atoms with E-state index in [0.717, 1.165) is 0 Å². The van der Waals surface area contributed by atoms with Gasteiger partial charge in [-0.05, 0) is 6.07 Å². The lowest BCUT2D eigenvalue weighted by Gasteiger charge is -2.14. The molecule has 0 N–H and O–H groups in total. The highest BCUT2D eigenvalue weighted by molar-refractivity contribution is 5.68. The van der Waals surface area contributed by atoms with Crippen molar-refractivity contribution in [3.63, 3.8) is 0 Å². The van der Waals surface area contributed by atoms with Gasteiger partial charge in [0.15, 0.2) is 0 Å². The Bertz CT molecular complexity index is 298. The molecule has 0 aliphatic carbocycles. The fraction of sp³-hybridized carbons (Fsp3) is 0.333. The van der Waals surface area contributed by atoms with Gasteiger partial charge >= 0.3 is 11.9 Å². The van der Waals surface area contributed by atoms with Crippen molar-refractivity contribution in [2.45, 2.75) is 20.1 Å². The van der Waals surface area contributed by atoms with Crippen LogP contribution in [0.1, 0.15) is 25.7 Å². The summed E-state index contributed by atoms with van der Waals surface area (Å²) in [7, 11) is 0.